The molecule has 0 saturated heterocycles. The lowest BCUT2D eigenvalue weighted by molar-refractivity contribution is 0.414. The number of guanidine groups is 1. The van der Waals surface area contributed by atoms with Gasteiger partial charge < -0.3 is 20.1 Å². The molecule has 0 aliphatic heterocycles. The van der Waals surface area contributed by atoms with E-state index < -0.39 is 5.82 Å². The second-order valence-electron chi connectivity index (χ2n) is 6.18. The van der Waals surface area contributed by atoms with Crippen LogP contribution in [-0.4, -0.2) is 25.1 Å². The lowest BCUT2D eigenvalue weighted by Gasteiger charge is -2.13. The Labute approximate surface area is 192 Å². The molecule has 0 aliphatic rings. The molecule has 2 N–H and O–H groups in total. The third-order valence-electron chi connectivity index (χ3n) is 4.16. The zero-order chi connectivity index (χ0) is 20.5. The summed E-state index contributed by atoms with van der Waals surface area (Å²) in [5.74, 6) is 1.64. The van der Waals surface area contributed by atoms with E-state index in [-0.39, 0.29) is 29.7 Å². The molecule has 0 unspecified atom stereocenters. The molecule has 0 radical (unpaired) electrons. The summed E-state index contributed by atoms with van der Waals surface area (Å²) in [5.41, 5.74) is 1.87. The van der Waals surface area contributed by atoms with Crippen molar-refractivity contribution in [1.29, 1.82) is 0 Å². The average molecular weight is 522 g/mol. The number of nitrogens with zero attached hydrogens (tertiary/aromatic N) is 2. The Morgan fingerprint density at radius 1 is 1.00 bits per heavy atom. The highest BCUT2D eigenvalue weighted by molar-refractivity contribution is 14.0. The summed E-state index contributed by atoms with van der Waals surface area (Å²) in [6.45, 7) is 1.03. The van der Waals surface area contributed by atoms with Crippen LogP contribution in [0.1, 0.15) is 11.1 Å². The molecule has 1 heterocycles. The van der Waals surface area contributed by atoms with Crippen LogP contribution in [0.5, 0.6) is 17.2 Å². The van der Waals surface area contributed by atoms with Gasteiger partial charge in [-0.2, -0.15) is 0 Å². The van der Waals surface area contributed by atoms with Gasteiger partial charge in [0.05, 0.1) is 13.3 Å². The van der Waals surface area contributed by atoms with Gasteiger partial charge >= 0.3 is 0 Å². The van der Waals surface area contributed by atoms with Crippen molar-refractivity contribution in [3.63, 3.8) is 0 Å². The smallest absolute Gasteiger partial charge is 0.191 e. The van der Waals surface area contributed by atoms with E-state index in [1.54, 1.807) is 44.6 Å². The Balaban J connectivity index is 0.00000320. The molecule has 3 aromatic rings. The third kappa shape index (κ3) is 6.87. The van der Waals surface area contributed by atoms with Gasteiger partial charge in [0.2, 0.25) is 0 Å². The first-order chi connectivity index (χ1) is 14.2. The summed E-state index contributed by atoms with van der Waals surface area (Å²) in [5, 5.41) is 6.40. The van der Waals surface area contributed by atoms with E-state index >= 15 is 0 Å². The van der Waals surface area contributed by atoms with Crippen molar-refractivity contribution in [2.24, 2.45) is 4.99 Å². The Morgan fingerprint density at radius 3 is 2.30 bits per heavy atom. The van der Waals surface area contributed by atoms with Crippen LogP contribution >= 0.6 is 24.0 Å². The van der Waals surface area contributed by atoms with Gasteiger partial charge in [-0.25, -0.2) is 4.39 Å². The average Bonchev–Trinajstić information content (AvgIpc) is 2.77. The molecular formula is C22H24FIN4O2. The number of nitrogens with one attached hydrogen (secondary N) is 2. The number of methoxy groups -OCH3 is 1. The van der Waals surface area contributed by atoms with Gasteiger partial charge in [-0.15, -0.1) is 24.0 Å². The molecule has 0 saturated carbocycles. The maximum absolute atomic E-state index is 14.3. The highest BCUT2D eigenvalue weighted by Gasteiger charge is 2.07. The SMILES string of the molecule is CN=C(NCc1ccc(OC)cc1)NCc1ccc(Oc2cccnc2)c(F)c1.I. The summed E-state index contributed by atoms with van der Waals surface area (Å²) >= 11 is 0. The lowest BCUT2D eigenvalue weighted by atomic mass is 10.2. The van der Waals surface area contributed by atoms with Crippen molar-refractivity contribution >= 4 is 29.9 Å². The highest BCUT2D eigenvalue weighted by Crippen LogP contribution is 2.24. The molecule has 0 fully saturated rings. The van der Waals surface area contributed by atoms with Gasteiger partial charge in [-0.05, 0) is 47.5 Å². The van der Waals surface area contributed by atoms with E-state index in [0.717, 1.165) is 16.9 Å². The number of aliphatic imine (C=N–C) groups is 1. The van der Waals surface area contributed by atoms with Gasteiger partial charge in [0.1, 0.15) is 11.5 Å². The van der Waals surface area contributed by atoms with Crippen LogP contribution < -0.4 is 20.1 Å². The molecule has 158 valence electrons. The first-order valence-electron chi connectivity index (χ1n) is 9.11. The molecule has 3 rings (SSSR count). The zero-order valence-electron chi connectivity index (χ0n) is 16.8. The predicted molar refractivity (Wildman–Crippen MR) is 126 cm³/mol. The molecule has 0 amide bonds. The highest BCUT2D eigenvalue weighted by atomic mass is 127. The molecular weight excluding hydrogens is 498 g/mol. The first kappa shape index (κ1) is 23.4. The molecule has 30 heavy (non-hydrogen) atoms. The van der Waals surface area contributed by atoms with E-state index in [2.05, 4.69) is 20.6 Å². The van der Waals surface area contributed by atoms with Crippen molar-refractivity contribution in [3.05, 3.63) is 83.9 Å². The molecule has 0 aliphatic carbocycles. The second kappa shape index (κ2) is 12.0. The Morgan fingerprint density at radius 2 is 1.70 bits per heavy atom. The van der Waals surface area contributed by atoms with Crippen molar-refractivity contribution in [2.45, 2.75) is 13.1 Å². The van der Waals surface area contributed by atoms with Crippen LogP contribution in [0.2, 0.25) is 0 Å². The largest absolute Gasteiger partial charge is 0.497 e. The number of rotatable bonds is 7. The van der Waals surface area contributed by atoms with Gasteiger partial charge in [0.15, 0.2) is 17.5 Å². The summed E-state index contributed by atoms with van der Waals surface area (Å²) in [6.07, 6.45) is 3.17. The van der Waals surface area contributed by atoms with Crippen molar-refractivity contribution in [2.75, 3.05) is 14.2 Å². The van der Waals surface area contributed by atoms with E-state index in [1.807, 2.05) is 24.3 Å². The number of hydrogen-bond donors (Lipinski definition) is 2. The number of halogens is 2. The minimum atomic E-state index is -0.436. The molecule has 8 heteroatoms. The van der Waals surface area contributed by atoms with Crippen molar-refractivity contribution in [1.82, 2.24) is 15.6 Å². The van der Waals surface area contributed by atoms with Gasteiger partial charge in [-0.1, -0.05) is 18.2 Å². The number of hydrogen-bond acceptors (Lipinski definition) is 4. The zero-order valence-corrected chi connectivity index (χ0v) is 19.1. The number of ether oxygens (including phenoxy) is 2. The summed E-state index contributed by atoms with van der Waals surface area (Å²) in [4.78, 5) is 8.14. The van der Waals surface area contributed by atoms with Crippen LogP contribution in [0.15, 0.2) is 72.0 Å². The number of benzene rings is 2. The van der Waals surface area contributed by atoms with Crippen LogP contribution in [0, 0.1) is 5.82 Å². The lowest BCUT2D eigenvalue weighted by Crippen LogP contribution is -2.36. The first-order valence-corrected chi connectivity index (χ1v) is 9.11. The van der Waals surface area contributed by atoms with Crippen LogP contribution in [0.3, 0.4) is 0 Å². The standard InChI is InChI=1S/C22H23FN4O2.HI/c1-24-22(26-13-16-5-8-18(28-2)9-6-16)27-14-17-7-10-21(20(23)12-17)29-19-4-3-11-25-15-19;/h3-12,15H,13-14H2,1-2H3,(H2,24,26,27);1H. The van der Waals surface area contributed by atoms with Crippen molar-refractivity contribution < 1.29 is 13.9 Å². The summed E-state index contributed by atoms with van der Waals surface area (Å²) in [6, 6.07) is 16.1. The van der Waals surface area contributed by atoms with Gasteiger partial charge in [-0.3, -0.25) is 9.98 Å². The number of pyridine rings is 1. The molecule has 6 nitrogen and oxygen atoms in total. The Hall–Kier alpha value is -2.88. The Bertz CT molecular complexity index is 953. The molecule has 2 aromatic carbocycles. The predicted octanol–water partition coefficient (Wildman–Crippen LogP) is 4.50. The summed E-state index contributed by atoms with van der Waals surface area (Å²) < 4.78 is 25.0. The maximum atomic E-state index is 14.3. The molecule has 0 spiro atoms. The molecule has 0 atom stereocenters. The van der Waals surface area contributed by atoms with E-state index in [1.165, 1.54) is 12.3 Å². The molecule has 0 bridgehead atoms. The third-order valence-corrected chi connectivity index (χ3v) is 4.16. The van der Waals surface area contributed by atoms with E-state index in [9.17, 15) is 4.39 Å². The fourth-order valence-electron chi connectivity index (χ4n) is 2.61. The minimum Gasteiger partial charge on any atom is -0.497 e. The van der Waals surface area contributed by atoms with Crippen LogP contribution in [0.4, 0.5) is 4.39 Å². The quantitative estimate of drug-likeness (QED) is 0.272. The van der Waals surface area contributed by atoms with Crippen LogP contribution in [-0.2, 0) is 13.1 Å². The topological polar surface area (TPSA) is 67.8 Å². The maximum Gasteiger partial charge on any atom is 0.191 e. The molecule has 1 aromatic heterocycles. The number of aromatic nitrogens is 1. The van der Waals surface area contributed by atoms with E-state index in [4.69, 9.17) is 9.47 Å². The monoisotopic (exact) mass is 522 g/mol. The van der Waals surface area contributed by atoms with Gasteiger partial charge in [0.25, 0.3) is 0 Å². The van der Waals surface area contributed by atoms with Gasteiger partial charge in [0, 0.05) is 26.3 Å². The van der Waals surface area contributed by atoms with Crippen LogP contribution in [0.25, 0.3) is 0 Å². The Kier molecular flexibility index (Phi) is 9.33. The fourth-order valence-corrected chi connectivity index (χ4v) is 2.61. The summed E-state index contributed by atoms with van der Waals surface area (Å²) in [7, 11) is 3.33. The second-order valence-corrected chi connectivity index (χ2v) is 6.18. The normalized spacial score (nSPS) is 10.7. The van der Waals surface area contributed by atoms with Crippen molar-refractivity contribution in [3.8, 4) is 17.2 Å². The fraction of sp³-hybridized carbons (Fsp3) is 0.182. The van der Waals surface area contributed by atoms with E-state index in [0.29, 0.717) is 24.8 Å². The minimum absolute atomic E-state index is 0.